The standard InChI is InChI=1S/C24H44O4/c1-4-5-6-7-8-9-10-11-12-15-20-27-23(25)18-19-24(26)28-21-16-13-14-17-22(2)3/h18-19,22H,4-17,20-21H2,1-3H3/b19-18-. The smallest absolute Gasteiger partial charge is 0.331 e. The lowest BCUT2D eigenvalue weighted by atomic mass is 10.1. The zero-order valence-corrected chi connectivity index (χ0v) is 18.7. The summed E-state index contributed by atoms with van der Waals surface area (Å²) in [6, 6.07) is 0. The first-order valence-corrected chi connectivity index (χ1v) is 11.6. The third kappa shape index (κ3) is 21.0. The van der Waals surface area contributed by atoms with Crippen molar-refractivity contribution in [3.05, 3.63) is 12.2 Å². The van der Waals surface area contributed by atoms with Crippen LogP contribution in [0.2, 0.25) is 0 Å². The Morgan fingerprint density at radius 1 is 0.643 bits per heavy atom. The van der Waals surface area contributed by atoms with E-state index in [1.165, 1.54) is 57.8 Å². The van der Waals surface area contributed by atoms with E-state index in [-0.39, 0.29) is 0 Å². The Labute approximate surface area is 173 Å². The molecule has 0 atom stereocenters. The molecule has 0 saturated heterocycles. The van der Waals surface area contributed by atoms with Crippen LogP contribution in [0.3, 0.4) is 0 Å². The molecule has 0 aliphatic rings. The number of ether oxygens (including phenoxy) is 2. The molecule has 0 saturated carbocycles. The average molecular weight is 397 g/mol. The van der Waals surface area contributed by atoms with Crippen LogP contribution < -0.4 is 0 Å². The molecule has 0 N–H and O–H groups in total. The molecule has 4 heteroatoms. The fourth-order valence-corrected chi connectivity index (χ4v) is 3.00. The maximum Gasteiger partial charge on any atom is 0.331 e. The highest BCUT2D eigenvalue weighted by atomic mass is 16.5. The Morgan fingerprint density at radius 3 is 1.46 bits per heavy atom. The fourth-order valence-electron chi connectivity index (χ4n) is 3.00. The summed E-state index contributed by atoms with van der Waals surface area (Å²) in [5, 5.41) is 0. The predicted octanol–water partition coefficient (Wildman–Crippen LogP) is 6.77. The maximum atomic E-state index is 11.6. The van der Waals surface area contributed by atoms with Crippen molar-refractivity contribution in [3.8, 4) is 0 Å². The lowest BCUT2D eigenvalue weighted by Crippen LogP contribution is -2.06. The number of hydrogen-bond acceptors (Lipinski definition) is 4. The Hall–Kier alpha value is -1.32. The third-order valence-electron chi connectivity index (χ3n) is 4.77. The Bertz CT molecular complexity index is 401. The zero-order valence-electron chi connectivity index (χ0n) is 18.7. The largest absolute Gasteiger partial charge is 0.463 e. The number of carbonyl (C=O) groups is 2. The van der Waals surface area contributed by atoms with Crippen LogP contribution in [-0.2, 0) is 19.1 Å². The number of hydrogen-bond donors (Lipinski definition) is 0. The van der Waals surface area contributed by atoms with E-state index in [2.05, 4.69) is 20.8 Å². The van der Waals surface area contributed by atoms with E-state index < -0.39 is 11.9 Å². The minimum Gasteiger partial charge on any atom is -0.463 e. The van der Waals surface area contributed by atoms with Crippen molar-refractivity contribution in [2.24, 2.45) is 5.92 Å². The molecule has 0 heterocycles. The van der Waals surface area contributed by atoms with Crippen LogP contribution in [0.15, 0.2) is 12.2 Å². The second-order valence-electron chi connectivity index (χ2n) is 8.09. The summed E-state index contributed by atoms with van der Waals surface area (Å²) in [7, 11) is 0. The van der Waals surface area contributed by atoms with Gasteiger partial charge in [-0.3, -0.25) is 0 Å². The van der Waals surface area contributed by atoms with E-state index >= 15 is 0 Å². The van der Waals surface area contributed by atoms with Crippen molar-refractivity contribution in [1.29, 1.82) is 0 Å². The second-order valence-corrected chi connectivity index (χ2v) is 8.09. The summed E-state index contributed by atoms with van der Waals surface area (Å²) >= 11 is 0. The van der Waals surface area contributed by atoms with Crippen LogP contribution in [0, 0.1) is 5.92 Å². The van der Waals surface area contributed by atoms with Crippen LogP contribution in [-0.4, -0.2) is 25.2 Å². The number of esters is 2. The number of rotatable bonds is 19. The highest BCUT2D eigenvalue weighted by molar-refractivity contribution is 5.91. The van der Waals surface area contributed by atoms with E-state index in [4.69, 9.17) is 9.47 Å². The SMILES string of the molecule is CCCCCCCCCCCCOC(=O)/C=C\C(=O)OCCCCCC(C)C. The lowest BCUT2D eigenvalue weighted by molar-refractivity contribution is -0.140. The summed E-state index contributed by atoms with van der Waals surface area (Å²) in [5.74, 6) is -0.221. The Balaban J connectivity index is 3.44. The van der Waals surface area contributed by atoms with Gasteiger partial charge in [0.15, 0.2) is 0 Å². The minimum absolute atomic E-state index is 0.412. The van der Waals surface area contributed by atoms with Gasteiger partial charge in [-0.2, -0.15) is 0 Å². The normalized spacial score (nSPS) is 11.3. The molecular formula is C24H44O4. The van der Waals surface area contributed by atoms with E-state index in [1.807, 2.05) is 0 Å². The molecule has 0 radical (unpaired) electrons. The fraction of sp³-hybridized carbons (Fsp3) is 0.833. The molecular weight excluding hydrogens is 352 g/mol. The third-order valence-corrected chi connectivity index (χ3v) is 4.77. The average Bonchev–Trinajstić information content (AvgIpc) is 2.67. The van der Waals surface area contributed by atoms with Crippen LogP contribution in [0.4, 0.5) is 0 Å². The topological polar surface area (TPSA) is 52.6 Å². The van der Waals surface area contributed by atoms with E-state index in [9.17, 15) is 9.59 Å². The molecule has 0 aromatic carbocycles. The van der Waals surface area contributed by atoms with Crippen LogP contribution >= 0.6 is 0 Å². The molecule has 0 bridgehead atoms. The van der Waals surface area contributed by atoms with Crippen LogP contribution in [0.1, 0.15) is 111 Å². The van der Waals surface area contributed by atoms with Gasteiger partial charge in [0, 0.05) is 12.2 Å². The minimum atomic E-state index is -0.472. The van der Waals surface area contributed by atoms with E-state index in [0.29, 0.717) is 13.2 Å². The van der Waals surface area contributed by atoms with Crippen LogP contribution in [0.25, 0.3) is 0 Å². The van der Waals surface area contributed by atoms with Gasteiger partial charge in [-0.1, -0.05) is 97.8 Å². The number of carbonyl (C=O) groups excluding carboxylic acids is 2. The van der Waals surface area contributed by atoms with Crippen molar-refractivity contribution < 1.29 is 19.1 Å². The second kappa shape index (κ2) is 20.4. The molecule has 0 spiro atoms. The van der Waals surface area contributed by atoms with Crippen molar-refractivity contribution in [1.82, 2.24) is 0 Å². The lowest BCUT2D eigenvalue weighted by Gasteiger charge is -2.05. The van der Waals surface area contributed by atoms with Gasteiger partial charge in [0.05, 0.1) is 13.2 Å². The quantitative estimate of drug-likeness (QED) is 0.137. The molecule has 0 fully saturated rings. The highest BCUT2D eigenvalue weighted by Crippen LogP contribution is 2.10. The van der Waals surface area contributed by atoms with Crippen LogP contribution in [0.5, 0.6) is 0 Å². The molecule has 164 valence electrons. The highest BCUT2D eigenvalue weighted by Gasteiger charge is 2.02. The summed E-state index contributed by atoms with van der Waals surface area (Å²) in [5.41, 5.74) is 0. The van der Waals surface area contributed by atoms with Crippen molar-refractivity contribution >= 4 is 11.9 Å². The molecule has 0 rings (SSSR count). The van der Waals surface area contributed by atoms with Gasteiger partial charge in [-0.05, 0) is 18.8 Å². The van der Waals surface area contributed by atoms with Gasteiger partial charge in [0.1, 0.15) is 0 Å². The maximum absolute atomic E-state index is 11.6. The monoisotopic (exact) mass is 396 g/mol. The van der Waals surface area contributed by atoms with Crippen molar-refractivity contribution in [3.63, 3.8) is 0 Å². The predicted molar refractivity (Wildman–Crippen MR) is 116 cm³/mol. The number of unbranched alkanes of at least 4 members (excludes halogenated alkanes) is 11. The van der Waals surface area contributed by atoms with E-state index in [0.717, 1.165) is 50.2 Å². The first-order chi connectivity index (χ1) is 13.6. The first-order valence-electron chi connectivity index (χ1n) is 11.6. The molecule has 0 aromatic heterocycles. The van der Waals surface area contributed by atoms with Gasteiger partial charge < -0.3 is 9.47 Å². The summed E-state index contributed by atoms with van der Waals surface area (Å²) in [6.45, 7) is 7.49. The van der Waals surface area contributed by atoms with Crippen molar-refractivity contribution in [2.75, 3.05) is 13.2 Å². The van der Waals surface area contributed by atoms with Gasteiger partial charge in [0.2, 0.25) is 0 Å². The molecule has 0 amide bonds. The Kier molecular flexibility index (Phi) is 19.5. The summed E-state index contributed by atoms with van der Waals surface area (Å²) < 4.78 is 10.2. The summed E-state index contributed by atoms with van der Waals surface area (Å²) in [6.07, 6.45) is 19.1. The van der Waals surface area contributed by atoms with Gasteiger partial charge >= 0.3 is 11.9 Å². The molecule has 0 aromatic rings. The molecule has 0 aliphatic heterocycles. The molecule has 0 unspecified atom stereocenters. The van der Waals surface area contributed by atoms with E-state index in [1.54, 1.807) is 0 Å². The van der Waals surface area contributed by atoms with Gasteiger partial charge in [-0.15, -0.1) is 0 Å². The zero-order chi connectivity index (χ0) is 20.9. The molecule has 28 heavy (non-hydrogen) atoms. The molecule has 4 nitrogen and oxygen atoms in total. The van der Waals surface area contributed by atoms with Gasteiger partial charge in [0.25, 0.3) is 0 Å². The van der Waals surface area contributed by atoms with Gasteiger partial charge in [-0.25, -0.2) is 9.59 Å². The van der Waals surface area contributed by atoms with Crippen molar-refractivity contribution in [2.45, 2.75) is 111 Å². The Morgan fingerprint density at radius 2 is 1.04 bits per heavy atom. The first kappa shape index (κ1) is 26.7. The molecule has 0 aliphatic carbocycles. The summed E-state index contributed by atoms with van der Waals surface area (Å²) in [4.78, 5) is 23.1.